The monoisotopic (exact) mass is 291 g/mol. The van der Waals surface area contributed by atoms with Crippen molar-refractivity contribution in [3.05, 3.63) is 29.8 Å². The van der Waals surface area contributed by atoms with Gasteiger partial charge >= 0.3 is 5.97 Å². The molecule has 1 aromatic rings. The number of carboxylic acid groups (broad SMARTS) is 1. The molecule has 5 heteroatoms. The summed E-state index contributed by atoms with van der Waals surface area (Å²) >= 11 is 0. The summed E-state index contributed by atoms with van der Waals surface area (Å²) in [7, 11) is 0. The molecule has 1 aliphatic carbocycles. The van der Waals surface area contributed by atoms with Gasteiger partial charge in [0, 0.05) is 12.1 Å². The van der Waals surface area contributed by atoms with Gasteiger partial charge in [0.2, 0.25) is 5.91 Å². The number of hydrogen-bond acceptors (Lipinski definition) is 3. The highest BCUT2D eigenvalue weighted by molar-refractivity contribution is 5.89. The lowest BCUT2D eigenvalue weighted by molar-refractivity contribution is -0.140. The molecule has 0 aromatic heterocycles. The molecule has 114 valence electrons. The van der Waals surface area contributed by atoms with E-state index in [9.17, 15) is 9.59 Å². The van der Waals surface area contributed by atoms with Gasteiger partial charge in [0.15, 0.2) is 0 Å². The number of hydrogen-bond donors (Lipinski definition) is 2. The van der Waals surface area contributed by atoms with Gasteiger partial charge in [0.1, 0.15) is 5.75 Å². The molecule has 2 atom stereocenters. The average molecular weight is 291 g/mol. The molecular weight excluding hydrogens is 270 g/mol. The first kappa shape index (κ1) is 15.4. The van der Waals surface area contributed by atoms with Crippen LogP contribution in [0.25, 0.3) is 0 Å². The van der Waals surface area contributed by atoms with Crippen molar-refractivity contribution < 1.29 is 19.4 Å². The molecule has 1 aliphatic rings. The normalized spacial score (nSPS) is 20.1. The second kappa shape index (κ2) is 6.61. The van der Waals surface area contributed by atoms with Crippen molar-refractivity contribution in [3.63, 3.8) is 0 Å². The lowest BCUT2D eigenvalue weighted by Crippen LogP contribution is -2.26. The van der Waals surface area contributed by atoms with Gasteiger partial charge in [-0.15, -0.1) is 0 Å². The van der Waals surface area contributed by atoms with Crippen LogP contribution in [-0.2, 0) is 16.1 Å². The molecule has 0 bridgehead atoms. The van der Waals surface area contributed by atoms with E-state index in [4.69, 9.17) is 9.84 Å². The standard InChI is InChI=1S/C16H21NO4/c1-10(2)9-21-14-6-4-3-5-11(14)8-17-15(18)12-7-13(12)16(19)20/h3-6,10,12-13H,7-9H2,1-2H3,(H,17,18)(H,19,20). The number of ether oxygens (including phenoxy) is 1. The van der Waals surface area contributed by atoms with Crippen molar-refractivity contribution in [1.82, 2.24) is 5.32 Å². The first-order valence-electron chi connectivity index (χ1n) is 7.20. The molecule has 0 aliphatic heterocycles. The lowest BCUT2D eigenvalue weighted by Gasteiger charge is -2.13. The molecule has 2 N–H and O–H groups in total. The van der Waals surface area contributed by atoms with Crippen molar-refractivity contribution in [1.29, 1.82) is 0 Å². The molecule has 1 fully saturated rings. The fourth-order valence-electron chi connectivity index (χ4n) is 2.12. The molecule has 21 heavy (non-hydrogen) atoms. The molecule has 1 aromatic carbocycles. The molecule has 2 unspecified atom stereocenters. The van der Waals surface area contributed by atoms with Crippen LogP contribution in [0.2, 0.25) is 0 Å². The number of carbonyl (C=O) groups excluding carboxylic acids is 1. The zero-order valence-electron chi connectivity index (χ0n) is 12.3. The first-order chi connectivity index (χ1) is 9.99. The van der Waals surface area contributed by atoms with Crippen LogP contribution < -0.4 is 10.1 Å². The van der Waals surface area contributed by atoms with E-state index in [0.717, 1.165) is 11.3 Å². The topological polar surface area (TPSA) is 75.6 Å². The van der Waals surface area contributed by atoms with Gasteiger partial charge in [-0.05, 0) is 18.4 Å². The van der Waals surface area contributed by atoms with Gasteiger partial charge in [0.25, 0.3) is 0 Å². The number of carbonyl (C=O) groups is 2. The smallest absolute Gasteiger partial charge is 0.307 e. The molecule has 1 amide bonds. The minimum atomic E-state index is -0.893. The Hall–Kier alpha value is -2.04. The van der Waals surface area contributed by atoms with Gasteiger partial charge in [-0.2, -0.15) is 0 Å². The average Bonchev–Trinajstić information content (AvgIpc) is 3.24. The zero-order chi connectivity index (χ0) is 15.4. The van der Waals surface area contributed by atoms with Gasteiger partial charge < -0.3 is 15.2 Å². The van der Waals surface area contributed by atoms with E-state index in [-0.39, 0.29) is 11.8 Å². The van der Waals surface area contributed by atoms with E-state index in [1.807, 2.05) is 24.3 Å². The Morgan fingerprint density at radius 2 is 2.05 bits per heavy atom. The number of nitrogens with one attached hydrogen (secondary N) is 1. The highest BCUT2D eigenvalue weighted by Gasteiger charge is 2.48. The van der Waals surface area contributed by atoms with Crippen molar-refractivity contribution in [2.45, 2.75) is 26.8 Å². The van der Waals surface area contributed by atoms with Gasteiger partial charge in [-0.3, -0.25) is 9.59 Å². The Morgan fingerprint density at radius 3 is 2.67 bits per heavy atom. The van der Waals surface area contributed by atoms with Crippen LogP contribution >= 0.6 is 0 Å². The molecule has 1 saturated carbocycles. The third-order valence-corrected chi connectivity index (χ3v) is 3.44. The number of carboxylic acids is 1. The summed E-state index contributed by atoms with van der Waals surface area (Å²) in [6.45, 7) is 5.12. The molecule has 0 heterocycles. The molecule has 2 rings (SSSR count). The summed E-state index contributed by atoms with van der Waals surface area (Å²) in [5.74, 6) is -0.798. The van der Waals surface area contributed by atoms with Crippen molar-refractivity contribution in [2.24, 2.45) is 17.8 Å². The first-order valence-corrected chi connectivity index (χ1v) is 7.20. The number of rotatable bonds is 7. The van der Waals surface area contributed by atoms with Crippen LogP contribution in [0.15, 0.2) is 24.3 Å². The quantitative estimate of drug-likeness (QED) is 0.806. The van der Waals surface area contributed by atoms with E-state index >= 15 is 0 Å². The fraction of sp³-hybridized carbons (Fsp3) is 0.500. The summed E-state index contributed by atoms with van der Waals surface area (Å²) in [4.78, 5) is 22.6. The van der Waals surface area contributed by atoms with Crippen LogP contribution in [0.3, 0.4) is 0 Å². The summed E-state index contributed by atoms with van der Waals surface area (Å²) < 4.78 is 5.72. The third kappa shape index (κ3) is 4.21. The highest BCUT2D eigenvalue weighted by atomic mass is 16.5. The predicted octanol–water partition coefficient (Wildman–Crippen LogP) is 2.06. The Bertz CT molecular complexity index is 527. The lowest BCUT2D eigenvalue weighted by atomic mass is 10.2. The second-order valence-electron chi connectivity index (χ2n) is 5.82. The SMILES string of the molecule is CC(C)COc1ccccc1CNC(=O)C1CC1C(=O)O. The molecule has 0 spiro atoms. The van der Waals surface area contributed by atoms with Crippen molar-refractivity contribution >= 4 is 11.9 Å². The number of aliphatic carboxylic acids is 1. The van der Waals surface area contributed by atoms with E-state index in [1.165, 1.54) is 0 Å². The highest BCUT2D eigenvalue weighted by Crippen LogP contribution is 2.38. The third-order valence-electron chi connectivity index (χ3n) is 3.44. The maximum absolute atomic E-state index is 11.9. The van der Waals surface area contributed by atoms with Gasteiger partial charge in [0.05, 0.1) is 18.4 Å². The summed E-state index contributed by atoms with van der Waals surface area (Å²) in [5, 5.41) is 11.6. The summed E-state index contributed by atoms with van der Waals surface area (Å²) in [6, 6.07) is 7.56. The summed E-state index contributed by atoms with van der Waals surface area (Å²) in [5.41, 5.74) is 0.902. The number of para-hydroxylation sites is 1. The van der Waals surface area contributed by atoms with Crippen LogP contribution in [0, 0.1) is 17.8 Å². The van der Waals surface area contributed by atoms with Crippen LogP contribution in [0.1, 0.15) is 25.8 Å². The van der Waals surface area contributed by atoms with E-state index in [1.54, 1.807) is 0 Å². The van der Waals surface area contributed by atoms with Gasteiger partial charge in [-0.25, -0.2) is 0 Å². The van der Waals surface area contributed by atoms with Crippen LogP contribution in [0.4, 0.5) is 0 Å². The van der Waals surface area contributed by atoms with Gasteiger partial charge in [-0.1, -0.05) is 32.0 Å². The molecular formula is C16H21NO4. The van der Waals surface area contributed by atoms with Crippen LogP contribution in [0.5, 0.6) is 5.75 Å². The molecule has 0 saturated heterocycles. The minimum absolute atomic E-state index is 0.193. The Balaban J connectivity index is 1.88. The van der Waals surface area contributed by atoms with E-state index in [2.05, 4.69) is 19.2 Å². The van der Waals surface area contributed by atoms with Crippen LogP contribution in [-0.4, -0.2) is 23.6 Å². The summed E-state index contributed by atoms with van der Waals surface area (Å²) in [6.07, 6.45) is 0.437. The Kier molecular flexibility index (Phi) is 4.83. The predicted molar refractivity (Wildman–Crippen MR) is 77.9 cm³/mol. The fourth-order valence-corrected chi connectivity index (χ4v) is 2.12. The zero-order valence-corrected chi connectivity index (χ0v) is 12.3. The van der Waals surface area contributed by atoms with Crippen molar-refractivity contribution in [3.8, 4) is 5.75 Å². The Morgan fingerprint density at radius 1 is 1.33 bits per heavy atom. The maximum Gasteiger partial charge on any atom is 0.307 e. The maximum atomic E-state index is 11.9. The molecule has 0 radical (unpaired) electrons. The van der Waals surface area contributed by atoms with E-state index in [0.29, 0.717) is 25.5 Å². The molecule has 5 nitrogen and oxygen atoms in total. The Labute approximate surface area is 124 Å². The number of benzene rings is 1. The number of amides is 1. The van der Waals surface area contributed by atoms with Crippen molar-refractivity contribution in [2.75, 3.05) is 6.61 Å². The second-order valence-corrected chi connectivity index (χ2v) is 5.82. The minimum Gasteiger partial charge on any atom is -0.493 e. The largest absolute Gasteiger partial charge is 0.493 e. The van der Waals surface area contributed by atoms with E-state index < -0.39 is 11.9 Å².